The van der Waals surface area contributed by atoms with Crippen molar-refractivity contribution in [3.8, 4) is 17.1 Å². The second-order valence-electron chi connectivity index (χ2n) is 4.17. The van der Waals surface area contributed by atoms with Gasteiger partial charge in [0.25, 0.3) is 0 Å². The summed E-state index contributed by atoms with van der Waals surface area (Å²) in [5, 5.41) is 3.95. The Labute approximate surface area is 106 Å². The highest BCUT2D eigenvalue weighted by Gasteiger charge is 2.16. The molecule has 5 heteroatoms. The molecule has 0 fully saturated rings. The third kappa shape index (κ3) is 2.36. The zero-order valence-corrected chi connectivity index (χ0v) is 10.8. The first kappa shape index (κ1) is 12.6. The topological polar surface area (TPSA) is 74.2 Å². The summed E-state index contributed by atoms with van der Waals surface area (Å²) in [6.07, 6.45) is 0.757. The molecule has 0 radical (unpaired) electrons. The van der Waals surface area contributed by atoms with Crippen LogP contribution in [-0.2, 0) is 0 Å². The van der Waals surface area contributed by atoms with Gasteiger partial charge < -0.3 is 15.0 Å². The van der Waals surface area contributed by atoms with E-state index in [1.54, 1.807) is 7.11 Å². The van der Waals surface area contributed by atoms with Crippen LogP contribution in [0.1, 0.15) is 30.8 Å². The summed E-state index contributed by atoms with van der Waals surface area (Å²) in [4.78, 5) is 4.31. The van der Waals surface area contributed by atoms with Gasteiger partial charge in [-0.1, -0.05) is 18.1 Å². The van der Waals surface area contributed by atoms with Crippen molar-refractivity contribution in [3.05, 3.63) is 29.7 Å². The Morgan fingerprint density at radius 1 is 1.44 bits per heavy atom. The maximum absolute atomic E-state index is 5.85. The average Bonchev–Trinajstić information content (AvgIpc) is 2.87. The molecule has 1 atom stereocenters. The molecule has 0 unspecified atom stereocenters. The molecule has 18 heavy (non-hydrogen) atoms. The lowest BCUT2D eigenvalue weighted by atomic mass is 10.1. The van der Waals surface area contributed by atoms with E-state index in [1.165, 1.54) is 0 Å². The molecule has 2 rings (SSSR count). The van der Waals surface area contributed by atoms with Crippen molar-refractivity contribution in [1.29, 1.82) is 0 Å². The van der Waals surface area contributed by atoms with E-state index in [4.69, 9.17) is 15.0 Å². The highest BCUT2D eigenvalue weighted by molar-refractivity contribution is 5.64. The minimum atomic E-state index is -0.220. The monoisotopic (exact) mass is 247 g/mol. The number of methoxy groups -OCH3 is 1. The molecule has 0 aliphatic rings. The maximum Gasteiger partial charge on any atom is 0.243 e. The number of rotatable bonds is 4. The second kappa shape index (κ2) is 5.18. The molecular weight excluding hydrogens is 230 g/mol. The number of ether oxygens (including phenoxy) is 1. The standard InChI is InChI=1S/C13H17N3O2/c1-4-10(14)13-15-12(16-18-13)9-6-5-8(2)7-11(9)17-3/h5-7,10H,4,14H2,1-3H3/t10-/m0/s1. The predicted molar refractivity (Wildman–Crippen MR) is 68.2 cm³/mol. The lowest BCUT2D eigenvalue weighted by molar-refractivity contribution is 0.352. The van der Waals surface area contributed by atoms with Gasteiger partial charge in [0.15, 0.2) is 0 Å². The molecule has 0 saturated heterocycles. The van der Waals surface area contributed by atoms with Gasteiger partial charge in [-0.15, -0.1) is 0 Å². The fourth-order valence-electron chi connectivity index (χ4n) is 1.65. The first-order valence-electron chi connectivity index (χ1n) is 5.90. The molecule has 2 N–H and O–H groups in total. The van der Waals surface area contributed by atoms with Crippen molar-refractivity contribution in [2.75, 3.05) is 7.11 Å². The second-order valence-corrected chi connectivity index (χ2v) is 4.17. The molecule has 0 aliphatic heterocycles. The Morgan fingerprint density at radius 2 is 2.22 bits per heavy atom. The predicted octanol–water partition coefficient (Wildman–Crippen LogP) is 2.46. The zero-order valence-electron chi connectivity index (χ0n) is 10.8. The van der Waals surface area contributed by atoms with Gasteiger partial charge in [-0.05, 0) is 31.0 Å². The normalized spacial score (nSPS) is 12.4. The van der Waals surface area contributed by atoms with Gasteiger partial charge >= 0.3 is 0 Å². The Hall–Kier alpha value is -1.88. The van der Waals surface area contributed by atoms with Crippen LogP contribution < -0.4 is 10.5 Å². The van der Waals surface area contributed by atoms with Gasteiger partial charge in [0, 0.05) is 0 Å². The molecule has 1 aromatic heterocycles. The van der Waals surface area contributed by atoms with E-state index >= 15 is 0 Å². The largest absolute Gasteiger partial charge is 0.496 e. The van der Waals surface area contributed by atoms with Gasteiger partial charge in [-0.2, -0.15) is 4.98 Å². The summed E-state index contributed by atoms with van der Waals surface area (Å²) >= 11 is 0. The quantitative estimate of drug-likeness (QED) is 0.898. The van der Waals surface area contributed by atoms with Crippen LogP contribution in [0.4, 0.5) is 0 Å². The van der Waals surface area contributed by atoms with Crippen LogP contribution in [0, 0.1) is 6.92 Å². The summed E-state index contributed by atoms with van der Waals surface area (Å²) < 4.78 is 10.5. The number of aryl methyl sites for hydroxylation is 1. The number of aromatic nitrogens is 2. The van der Waals surface area contributed by atoms with Gasteiger partial charge in [0.05, 0.1) is 18.7 Å². The summed E-state index contributed by atoms with van der Waals surface area (Å²) in [6, 6.07) is 5.61. The number of hydrogen-bond donors (Lipinski definition) is 1. The van der Waals surface area contributed by atoms with Crippen LogP contribution in [0.15, 0.2) is 22.7 Å². The Balaban J connectivity index is 2.39. The Kier molecular flexibility index (Phi) is 3.62. The molecule has 96 valence electrons. The van der Waals surface area contributed by atoms with Crippen LogP contribution >= 0.6 is 0 Å². The highest BCUT2D eigenvalue weighted by Crippen LogP contribution is 2.29. The average molecular weight is 247 g/mol. The smallest absolute Gasteiger partial charge is 0.243 e. The summed E-state index contributed by atoms with van der Waals surface area (Å²) in [6.45, 7) is 3.97. The molecule has 0 spiro atoms. The summed E-state index contributed by atoms with van der Waals surface area (Å²) in [5.41, 5.74) is 7.78. The molecule has 1 heterocycles. The van der Waals surface area contributed by atoms with Crippen molar-refractivity contribution >= 4 is 0 Å². The van der Waals surface area contributed by atoms with Crippen molar-refractivity contribution < 1.29 is 9.26 Å². The van der Waals surface area contributed by atoms with E-state index in [0.29, 0.717) is 11.7 Å². The summed E-state index contributed by atoms with van der Waals surface area (Å²) in [5.74, 6) is 1.69. The van der Waals surface area contributed by atoms with Gasteiger partial charge in [0.1, 0.15) is 5.75 Å². The zero-order chi connectivity index (χ0) is 13.1. The van der Waals surface area contributed by atoms with Crippen LogP contribution in [0.2, 0.25) is 0 Å². The van der Waals surface area contributed by atoms with Gasteiger partial charge in [0.2, 0.25) is 11.7 Å². The van der Waals surface area contributed by atoms with Crippen LogP contribution in [0.25, 0.3) is 11.4 Å². The lowest BCUT2D eigenvalue weighted by Crippen LogP contribution is -2.08. The molecule has 0 amide bonds. The molecule has 0 aliphatic carbocycles. The third-order valence-corrected chi connectivity index (χ3v) is 2.80. The van der Waals surface area contributed by atoms with E-state index in [9.17, 15) is 0 Å². The first-order valence-corrected chi connectivity index (χ1v) is 5.90. The maximum atomic E-state index is 5.85. The number of nitrogens with zero attached hydrogens (tertiary/aromatic N) is 2. The van der Waals surface area contributed by atoms with Crippen molar-refractivity contribution in [3.63, 3.8) is 0 Å². The van der Waals surface area contributed by atoms with Crippen molar-refractivity contribution in [2.45, 2.75) is 26.3 Å². The van der Waals surface area contributed by atoms with Crippen molar-refractivity contribution in [1.82, 2.24) is 10.1 Å². The van der Waals surface area contributed by atoms with Crippen LogP contribution in [0.5, 0.6) is 5.75 Å². The molecular formula is C13H17N3O2. The fraction of sp³-hybridized carbons (Fsp3) is 0.385. The molecule has 0 saturated carbocycles. The Bertz CT molecular complexity index is 537. The van der Waals surface area contributed by atoms with E-state index in [-0.39, 0.29) is 6.04 Å². The minimum Gasteiger partial charge on any atom is -0.496 e. The number of hydrogen-bond acceptors (Lipinski definition) is 5. The molecule has 1 aromatic carbocycles. The lowest BCUT2D eigenvalue weighted by Gasteiger charge is -2.05. The van der Waals surface area contributed by atoms with Crippen LogP contribution in [-0.4, -0.2) is 17.3 Å². The Morgan fingerprint density at radius 3 is 2.89 bits per heavy atom. The van der Waals surface area contributed by atoms with E-state index in [1.807, 2.05) is 32.0 Å². The fourth-order valence-corrected chi connectivity index (χ4v) is 1.65. The van der Waals surface area contributed by atoms with Gasteiger partial charge in [-0.25, -0.2) is 0 Å². The highest BCUT2D eigenvalue weighted by atomic mass is 16.5. The molecule has 5 nitrogen and oxygen atoms in total. The van der Waals surface area contributed by atoms with Crippen molar-refractivity contribution in [2.24, 2.45) is 5.73 Å². The van der Waals surface area contributed by atoms with Crippen LogP contribution in [0.3, 0.4) is 0 Å². The minimum absolute atomic E-state index is 0.220. The number of benzene rings is 1. The molecule has 2 aromatic rings. The third-order valence-electron chi connectivity index (χ3n) is 2.80. The van der Waals surface area contributed by atoms with Gasteiger partial charge in [-0.3, -0.25) is 0 Å². The number of nitrogens with two attached hydrogens (primary N) is 1. The summed E-state index contributed by atoms with van der Waals surface area (Å²) in [7, 11) is 1.62. The van der Waals surface area contributed by atoms with E-state index < -0.39 is 0 Å². The SMILES string of the molecule is CC[C@H](N)c1nc(-c2ccc(C)cc2OC)no1. The van der Waals surface area contributed by atoms with E-state index in [0.717, 1.165) is 23.3 Å². The molecule has 0 bridgehead atoms. The first-order chi connectivity index (χ1) is 8.65. The van der Waals surface area contributed by atoms with E-state index in [2.05, 4.69) is 10.1 Å².